The Labute approximate surface area is 171 Å². The number of carbonyl (C=O) groups excluding carboxylic acids is 1. The maximum absolute atomic E-state index is 13.1. The lowest BCUT2D eigenvalue weighted by molar-refractivity contribution is -0.136. The largest absolute Gasteiger partial charge is 0.508 e. The van der Waals surface area contributed by atoms with E-state index in [0.717, 1.165) is 56.0 Å². The molecule has 156 valence electrons. The zero-order chi connectivity index (χ0) is 20.4. The molecule has 7 heteroatoms. The van der Waals surface area contributed by atoms with Gasteiger partial charge in [0.2, 0.25) is 5.91 Å². The summed E-state index contributed by atoms with van der Waals surface area (Å²) in [4.78, 5) is 15.1. The molecule has 2 aliphatic rings. The Kier molecular flexibility index (Phi) is 5.85. The van der Waals surface area contributed by atoms with E-state index in [9.17, 15) is 9.90 Å². The highest BCUT2D eigenvalue weighted by Gasteiger charge is 2.34. The van der Waals surface area contributed by atoms with Crippen molar-refractivity contribution in [3.8, 4) is 17.1 Å². The molecule has 0 aliphatic carbocycles. The summed E-state index contributed by atoms with van der Waals surface area (Å²) in [6.07, 6.45) is 3.71. The molecular weight excluding hydrogens is 368 g/mol. The molecule has 1 saturated heterocycles. The maximum Gasteiger partial charge on any atom is 0.227 e. The fraction of sp³-hybridized carbons (Fsp3) is 0.591. The van der Waals surface area contributed by atoms with Gasteiger partial charge in [-0.2, -0.15) is 0 Å². The molecule has 1 aromatic carbocycles. The topological polar surface area (TPSA) is 80.5 Å². The number of aryl methyl sites for hydroxylation is 1. The van der Waals surface area contributed by atoms with Crippen LogP contribution in [0, 0.1) is 11.8 Å². The number of hydrogen-bond donors (Lipinski definition) is 1. The van der Waals surface area contributed by atoms with Crippen molar-refractivity contribution in [1.82, 2.24) is 19.7 Å². The van der Waals surface area contributed by atoms with E-state index >= 15 is 0 Å². The van der Waals surface area contributed by atoms with Gasteiger partial charge in [0.25, 0.3) is 0 Å². The number of phenols is 1. The molecule has 2 aromatic rings. The number of rotatable bonds is 6. The van der Waals surface area contributed by atoms with Gasteiger partial charge in [-0.15, -0.1) is 10.2 Å². The average molecular weight is 399 g/mol. The smallest absolute Gasteiger partial charge is 0.227 e. The molecule has 29 heavy (non-hydrogen) atoms. The van der Waals surface area contributed by atoms with Crippen LogP contribution in [-0.2, 0) is 22.5 Å². The molecule has 1 fully saturated rings. The maximum atomic E-state index is 13.1. The van der Waals surface area contributed by atoms with Crippen molar-refractivity contribution in [1.29, 1.82) is 0 Å². The first-order valence-corrected chi connectivity index (χ1v) is 10.6. The first kappa shape index (κ1) is 19.9. The van der Waals surface area contributed by atoms with Crippen LogP contribution in [0.15, 0.2) is 24.3 Å². The van der Waals surface area contributed by atoms with Crippen LogP contribution in [-0.4, -0.2) is 56.5 Å². The summed E-state index contributed by atoms with van der Waals surface area (Å²) < 4.78 is 8.03. The van der Waals surface area contributed by atoms with E-state index in [1.807, 2.05) is 17.0 Å². The second kappa shape index (κ2) is 8.53. The highest BCUT2D eigenvalue weighted by Crippen LogP contribution is 2.28. The third-order valence-corrected chi connectivity index (χ3v) is 5.93. The van der Waals surface area contributed by atoms with Crippen molar-refractivity contribution in [3.05, 3.63) is 30.1 Å². The minimum atomic E-state index is -0.0521. The van der Waals surface area contributed by atoms with Gasteiger partial charge in [0.05, 0.1) is 12.0 Å². The fourth-order valence-corrected chi connectivity index (χ4v) is 4.15. The van der Waals surface area contributed by atoms with Gasteiger partial charge in [0.1, 0.15) is 11.6 Å². The highest BCUT2D eigenvalue weighted by atomic mass is 16.5. The van der Waals surface area contributed by atoms with Gasteiger partial charge in [-0.3, -0.25) is 4.79 Å². The number of nitrogens with zero attached hydrogens (tertiary/aromatic N) is 4. The Morgan fingerprint density at radius 2 is 2.00 bits per heavy atom. The summed E-state index contributed by atoms with van der Waals surface area (Å²) in [6, 6.07) is 6.95. The predicted octanol–water partition coefficient (Wildman–Crippen LogP) is 2.88. The summed E-state index contributed by atoms with van der Waals surface area (Å²) in [5.41, 5.74) is 0.898. The van der Waals surface area contributed by atoms with Gasteiger partial charge in [-0.25, -0.2) is 0 Å². The van der Waals surface area contributed by atoms with Crippen LogP contribution in [0.25, 0.3) is 11.4 Å². The molecule has 3 heterocycles. The van der Waals surface area contributed by atoms with E-state index in [2.05, 4.69) is 28.6 Å². The number of aromatic nitrogens is 3. The van der Waals surface area contributed by atoms with Crippen LogP contribution in [0.5, 0.6) is 5.75 Å². The van der Waals surface area contributed by atoms with Crippen molar-refractivity contribution in [2.45, 2.75) is 52.2 Å². The summed E-state index contributed by atoms with van der Waals surface area (Å²) in [7, 11) is 0. The van der Waals surface area contributed by atoms with E-state index in [0.29, 0.717) is 19.0 Å². The van der Waals surface area contributed by atoms with Gasteiger partial charge in [-0.05, 0) is 49.4 Å². The fourth-order valence-electron chi connectivity index (χ4n) is 4.15. The van der Waals surface area contributed by atoms with Crippen LogP contribution >= 0.6 is 0 Å². The molecule has 4 rings (SSSR count). The number of amides is 1. The van der Waals surface area contributed by atoms with Gasteiger partial charge >= 0.3 is 0 Å². The second-order valence-electron chi connectivity index (χ2n) is 8.58. The predicted molar refractivity (Wildman–Crippen MR) is 109 cm³/mol. The Balaban J connectivity index is 1.39. The van der Waals surface area contributed by atoms with Crippen molar-refractivity contribution in [2.75, 3.05) is 19.7 Å². The number of likely N-dealkylation sites (tertiary alicyclic amines) is 1. The van der Waals surface area contributed by atoms with E-state index in [1.54, 1.807) is 12.1 Å². The van der Waals surface area contributed by atoms with E-state index < -0.39 is 0 Å². The molecule has 2 aliphatic heterocycles. The third-order valence-electron chi connectivity index (χ3n) is 5.93. The van der Waals surface area contributed by atoms with E-state index in [4.69, 9.17) is 4.74 Å². The van der Waals surface area contributed by atoms with Crippen LogP contribution < -0.4 is 0 Å². The Bertz CT molecular complexity index is 846. The molecule has 0 unspecified atom stereocenters. The molecule has 0 bridgehead atoms. The molecule has 0 spiro atoms. The zero-order valence-electron chi connectivity index (χ0n) is 17.3. The number of carbonyl (C=O) groups is 1. The van der Waals surface area contributed by atoms with Crippen molar-refractivity contribution >= 4 is 5.91 Å². The van der Waals surface area contributed by atoms with Crippen LogP contribution in [0.1, 0.15) is 38.9 Å². The second-order valence-corrected chi connectivity index (χ2v) is 8.58. The number of phenolic OH excluding ortho intramolecular Hbond substituents is 1. The molecule has 1 aromatic heterocycles. The molecule has 2 atom stereocenters. The van der Waals surface area contributed by atoms with Crippen molar-refractivity contribution in [3.63, 3.8) is 0 Å². The summed E-state index contributed by atoms with van der Waals surface area (Å²) in [5, 5.41) is 18.2. The lowest BCUT2D eigenvalue weighted by Gasteiger charge is -2.27. The lowest BCUT2D eigenvalue weighted by Crippen LogP contribution is -2.39. The summed E-state index contributed by atoms with van der Waals surface area (Å²) in [6.45, 7) is 7.25. The summed E-state index contributed by atoms with van der Waals surface area (Å²) in [5.74, 6) is 2.71. The summed E-state index contributed by atoms with van der Waals surface area (Å²) >= 11 is 0. The number of fused-ring (bicyclic) bond motifs is 1. The van der Waals surface area contributed by atoms with Crippen molar-refractivity contribution < 1.29 is 14.6 Å². The average Bonchev–Trinajstić information content (AvgIpc) is 3.34. The zero-order valence-corrected chi connectivity index (χ0v) is 17.3. The monoisotopic (exact) mass is 398 g/mol. The normalized spacial score (nSPS) is 21.6. The Morgan fingerprint density at radius 3 is 2.76 bits per heavy atom. The van der Waals surface area contributed by atoms with Gasteiger partial charge in [-0.1, -0.05) is 13.8 Å². The Morgan fingerprint density at radius 1 is 1.21 bits per heavy atom. The number of aromatic hydroxyl groups is 1. The highest BCUT2D eigenvalue weighted by molar-refractivity contribution is 5.79. The molecule has 0 radical (unpaired) electrons. The van der Waals surface area contributed by atoms with Gasteiger partial charge in [0, 0.05) is 38.2 Å². The molecule has 0 saturated carbocycles. The van der Waals surface area contributed by atoms with E-state index in [1.165, 1.54) is 0 Å². The Hall–Kier alpha value is -2.41. The minimum Gasteiger partial charge on any atom is -0.508 e. The molecule has 7 nitrogen and oxygen atoms in total. The SMILES string of the molecule is CC(C)CCO[C@H]1CCN(C(=O)[C@@H]2CCc3nnc(-c4ccc(O)cc4)n3C2)C1. The third kappa shape index (κ3) is 4.45. The molecule has 1 amide bonds. The molecule has 1 N–H and O–H groups in total. The number of benzene rings is 1. The quantitative estimate of drug-likeness (QED) is 0.809. The number of ether oxygens (including phenoxy) is 1. The lowest BCUT2D eigenvalue weighted by atomic mass is 9.97. The van der Waals surface area contributed by atoms with Crippen LogP contribution in [0.2, 0.25) is 0 Å². The standard InChI is InChI=1S/C22H30N4O3/c1-15(2)10-12-29-19-9-11-25(14-19)22(28)17-5-8-20-23-24-21(26(20)13-17)16-3-6-18(27)7-4-16/h3-4,6-7,15,17,19,27H,5,8-14H2,1-2H3/t17-,19+/m1/s1. The van der Waals surface area contributed by atoms with Crippen molar-refractivity contribution in [2.24, 2.45) is 11.8 Å². The molecular formula is C22H30N4O3. The van der Waals surface area contributed by atoms with Gasteiger partial charge in [0.15, 0.2) is 5.82 Å². The van der Waals surface area contributed by atoms with Gasteiger partial charge < -0.3 is 19.3 Å². The first-order valence-electron chi connectivity index (χ1n) is 10.6. The number of hydrogen-bond acceptors (Lipinski definition) is 5. The minimum absolute atomic E-state index is 0.0521. The first-order chi connectivity index (χ1) is 14.0. The van der Waals surface area contributed by atoms with Crippen LogP contribution in [0.3, 0.4) is 0 Å². The van der Waals surface area contributed by atoms with Crippen LogP contribution in [0.4, 0.5) is 0 Å². The van der Waals surface area contributed by atoms with E-state index in [-0.39, 0.29) is 23.7 Å².